The Balaban J connectivity index is 1.95. The smallest absolute Gasteiger partial charge is 0.299 e. The summed E-state index contributed by atoms with van der Waals surface area (Å²) in [4.78, 5) is 36.0. The number of anilines is 1. The second-order valence-electron chi connectivity index (χ2n) is 4.53. The van der Waals surface area contributed by atoms with Crippen molar-refractivity contribution in [3.05, 3.63) is 47.4 Å². The molecule has 1 aromatic carbocycles. The number of methoxy groups -OCH3 is 1. The van der Waals surface area contributed by atoms with Crippen molar-refractivity contribution in [3.63, 3.8) is 0 Å². The van der Waals surface area contributed by atoms with Gasteiger partial charge in [0.1, 0.15) is 11.5 Å². The van der Waals surface area contributed by atoms with Crippen molar-refractivity contribution in [2.75, 3.05) is 12.0 Å². The summed E-state index contributed by atoms with van der Waals surface area (Å²) in [6, 6.07) is 7.98. The number of furan rings is 1. The average Bonchev–Trinajstić information content (AvgIpc) is 3.06. The molecular formula is C15H11NO5. The van der Waals surface area contributed by atoms with Crippen LogP contribution in [0.25, 0.3) is 0 Å². The molecule has 0 unspecified atom stereocenters. The Kier molecular flexibility index (Phi) is 3.06. The summed E-state index contributed by atoms with van der Waals surface area (Å²) >= 11 is 0. The number of hydrogen-bond acceptors (Lipinski definition) is 5. The number of amides is 1. The Bertz CT molecular complexity index is 746. The number of nitrogens with zero attached hydrogens (tertiary/aromatic N) is 1. The van der Waals surface area contributed by atoms with Gasteiger partial charge in [-0.15, -0.1) is 0 Å². The molecule has 3 rings (SSSR count). The predicted octanol–water partition coefficient (Wildman–Crippen LogP) is 1.83. The van der Waals surface area contributed by atoms with Crippen molar-refractivity contribution < 1.29 is 23.5 Å². The molecule has 0 bridgehead atoms. The van der Waals surface area contributed by atoms with Crippen LogP contribution >= 0.6 is 0 Å². The van der Waals surface area contributed by atoms with E-state index in [1.807, 2.05) is 0 Å². The number of rotatable bonds is 4. The van der Waals surface area contributed by atoms with Crippen LogP contribution in [0.1, 0.15) is 26.7 Å². The van der Waals surface area contributed by atoms with Gasteiger partial charge in [-0.3, -0.25) is 19.3 Å². The first-order chi connectivity index (χ1) is 10.1. The van der Waals surface area contributed by atoms with Crippen LogP contribution in [0.2, 0.25) is 0 Å². The average molecular weight is 285 g/mol. The molecule has 1 aromatic heterocycles. The molecule has 0 fully saturated rings. The lowest BCUT2D eigenvalue weighted by Gasteiger charge is -2.14. The van der Waals surface area contributed by atoms with Gasteiger partial charge in [-0.1, -0.05) is 0 Å². The zero-order chi connectivity index (χ0) is 15.0. The van der Waals surface area contributed by atoms with Gasteiger partial charge in [0.05, 0.1) is 24.9 Å². The summed E-state index contributed by atoms with van der Waals surface area (Å²) in [6.45, 7) is 0.0950. The Morgan fingerprint density at radius 3 is 2.71 bits per heavy atom. The van der Waals surface area contributed by atoms with E-state index in [9.17, 15) is 14.4 Å². The quantitative estimate of drug-likeness (QED) is 0.632. The maximum atomic E-state index is 12.1. The van der Waals surface area contributed by atoms with E-state index in [1.54, 1.807) is 18.2 Å². The number of fused-ring (bicyclic) bond motifs is 1. The lowest BCUT2D eigenvalue weighted by molar-refractivity contribution is -0.114. The number of ether oxygens (including phenoxy) is 1. The van der Waals surface area contributed by atoms with Gasteiger partial charge in [-0.25, -0.2) is 0 Å². The summed E-state index contributed by atoms with van der Waals surface area (Å²) in [5, 5.41) is 0. The second-order valence-corrected chi connectivity index (χ2v) is 4.53. The minimum Gasteiger partial charge on any atom is -0.497 e. The van der Waals surface area contributed by atoms with Gasteiger partial charge in [-0.05, 0) is 30.3 Å². The SMILES string of the molecule is COc1ccc2c(c1)C(=O)C(=O)N2Cc1ccc(C=O)o1. The first kappa shape index (κ1) is 13.1. The molecule has 6 nitrogen and oxygen atoms in total. The highest BCUT2D eigenvalue weighted by Crippen LogP contribution is 2.33. The molecule has 0 saturated heterocycles. The highest BCUT2D eigenvalue weighted by molar-refractivity contribution is 6.52. The Morgan fingerprint density at radius 2 is 2.05 bits per heavy atom. The van der Waals surface area contributed by atoms with E-state index in [4.69, 9.17) is 9.15 Å². The molecule has 21 heavy (non-hydrogen) atoms. The van der Waals surface area contributed by atoms with E-state index < -0.39 is 11.7 Å². The highest BCUT2D eigenvalue weighted by atomic mass is 16.5. The number of benzene rings is 1. The van der Waals surface area contributed by atoms with Crippen LogP contribution in [0.15, 0.2) is 34.7 Å². The van der Waals surface area contributed by atoms with Crippen LogP contribution in [0.3, 0.4) is 0 Å². The molecule has 1 aliphatic heterocycles. The predicted molar refractivity (Wildman–Crippen MR) is 72.6 cm³/mol. The highest BCUT2D eigenvalue weighted by Gasteiger charge is 2.36. The lowest BCUT2D eigenvalue weighted by atomic mass is 10.1. The molecule has 2 heterocycles. The molecule has 1 aliphatic rings. The standard InChI is InChI=1S/C15H11NO5/c1-20-9-4-5-13-12(6-9)14(18)15(19)16(13)7-10-2-3-11(8-17)21-10/h2-6,8H,7H2,1H3. The maximum Gasteiger partial charge on any atom is 0.299 e. The summed E-state index contributed by atoms with van der Waals surface area (Å²) < 4.78 is 10.3. The van der Waals surface area contributed by atoms with Gasteiger partial charge in [0.15, 0.2) is 12.0 Å². The summed E-state index contributed by atoms with van der Waals surface area (Å²) in [5.41, 5.74) is 0.816. The number of Topliss-reactive ketones (excluding diaryl/α,β-unsaturated/α-hetero) is 1. The third-order valence-corrected chi connectivity index (χ3v) is 3.29. The summed E-state index contributed by atoms with van der Waals surface area (Å²) in [6.07, 6.45) is 0.583. The van der Waals surface area contributed by atoms with Crippen LogP contribution in [-0.4, -0.2) is 25.1 Å². The zero-order valence-corrected chi connectivity index (χ0v) is 11.2. The molecule has 2 aromatic rings. The van der Waals surface area contributed by atoms with Crippen molar-refractivity contribution >= 4 is 23.7 Å². The fraction of sp³-hybridized carbons (Fsp3) is 0.133. The van der Waals surface area contributed by atoms with Gasteiger partial charge in [-0.2, -0.15) is 0 Å². The van der Waals surface area contributed by atoms with Crippen molar-refractivity contribution in [1.82, 2.24) is 0 Å². The summed E-state index contributed by atoms with van der Waals surface area (Å²) in [5.74, 6) is -0.0776. The van der Waals surface area contributed by atoms with Gasteiger partial charge in [0, 0.05) is 0 Å². The number of aldehydes is 1. The first-order valence-electron chi connectivity index (χ1n) is 6.22. The zero-order valence-electron chi connectivity index (χ0n) is 11.2. The molecule has 6 heteroatoms. The molecule has 0 saturated carbocycles. The molecular weight excluding hydrogens is 274 g/mol. The first-order valence-corrected chi connectivity index (χ1v) is 6.22. The van der Waals surface area contributed by atoms with Crippen LogP contribution in [0.5, 0.6) is 5.75 Å². The monoisotopic (exact) mass is 285 g/mol. The number of carbonyl (C=O) groups is 3. The van der Waals surface area contributed by atoms with Crippen molar-refractivity contribution in [1.29, 1.82) is 0 Å². The fourth-order valence-electron chi connectivity index (χ4n) is 2.26. The second kappa shape index (κ2) is 4.90. The van der Waals surface area contributed by atoms with Crippen molar-refractivity contribution in [2.24, 2.45) is 0 Å². The molecule has 0 radical (unpaired) electrons. The molecule has 1 amide bonds. The molecule has 106 valence electrons. The number of ketones is 1. The van der Waals surface area contributed by atoms with Crippen LogP contribution in [-0.2, 0) is 11.3 Å². The van der Waals surface area contributed by atoms with E-state index in [1.165, 1.54) is 24.1 Å². The Hall–Kier alpha value is -2.89. The van der Waals surface area contributed by atoms with Crippen molar-refractivity contribution in [2.45, 2.75) is 6.54 Å². The minimum absolute atomic E-state index is 0.0950. The number of carbonyl (C=O) groups excluding carboxylic acids is 3. The minimum atomic E-state index is -0.623. The van der Waals surface area contributed by atoms with Crippen LogP contribution < -0.4 is 9.64 Å². The summed E-state index contributed by atoms with van der Waals surface area (Å²) in [7, 11) is 1.49. The molecule has 0 N–H and O–H groups in total. The Morgan fingerprint density at radius 1 is 1.24 bits per heavy atom. The van der Waals surface area contributed by atoms with Crippen LogP contribution in [0, 0.1) is 0 Å². The fourth-order valence-corrected chi connectivity index (χ4v) is 2.26. The normalized spacial score (nSPS) is 13.5. The van der Waals surface area contributed by atoms with E-state index >= 15 is 0 Å². The molecule has 0 aliphatic carbocycles. The van der Waals surface area contributed by atoms with Gasteiger partial charge in [0.25, 0.3) is 11.7 Å². The van der Waals surface area contributed by atoms with E-state index in [2.05, 4.69) is 0 Å². The van der Waals surface area contributed by atoms with Gasteiger partial charge >= 0.3 is 0 Å². The number of hydrogen-bond donors (Lipinski definition) is 0. The Labute approximate surface area is 119 Å². The maximum absolute atomic E-state index is 12.1. The topological polar surface area (TPSA) is 76.8 Å². The van der Waals surface area contributed by atoms with E-state index in [-0.39, 0.29) is 12.3 Å². The van der Waals surface area contributed by atoms with Crippen LogP contribution in [0.4, 0.5) is 5.69 Å². The van der Waals surface area contributed by atoms with E-state index in [0.717, 1.165) is 0 Å². The lowest BCUT2D eigenvalue weighted by Crippen LogP contribution is -2.28. The largest absolute Gasteiger partial charge is 0.497 e. The van der Waals surface area contributed by atoms with E-state index in [0.29, 0.717) is 29.0 Å². The molecule has 0 atom stereocenters. The third kappa shape index (κ3) is 2.10. The van der Waals surface area contributed by atoms with Crippen molar-refractivity contribution in [3.8, 4) is 5.75 Å². The molecule has 0 spiro atoms. The third-order valence-electron chi connectivity index (χ3n) is 3.29. The van der Waals surface area contributed by atoms with Gasteiger partial charge in [0.2, 0.25) is 0 Å². The van der Waals surface area contributed by atoms with Gasteiger partial charge < -0.3 is 9.15 Å².